The van der Waals surface area contributed by atoms with Crippen LogP contribution in [-0.2, 0) is 4.74 Å². The van der Waals surface area contributed by atoms with Crippen molar-refractivity contribution in [2.45, 2.75) is 56.2 Å². The number of hydrogen-bond donors (Lipinski definition) is 0. The molecule has 0 rings (SSSR count). The highest BCUT2D eigenvalue weighted by molar-refractivity contribution is 6.67. The van der Waals surface area contributed by atoms with Gasteiger partial charge in [-0.1, -0.05) is 74.3 Å². The van der Waals surface area contributed by atoms with Crippen molar-refractivity contribution in [3.8, 4) is 0 Å². The molecule has 16 heavy (non-hydrogen) atoms. The lowest BCUT2D eigenvalue weighted by atomic mass is 10.0. The van der Waals surface area contributed by atoms with Crippen molar-refractivity contribution >= 4 is 34.8 Å². The zero-order valence-electron chi connectivity index (χ0n) is 10.3. The maximum atomic E-state index is 5.94. The Morgan fingerprint density at radius 1 is 1.00 bits per heavy atom. The van der Waals surface area contributed by atoms with E-state index in [0.29, 0.717) is 6.61 Å². The first-order chi connectivity index (χ1) is 7.52. The van der Waals surface area contributed by atoms with Crippen molar-refractivity contribution in [1.29, 1.82) is 0 Å². The van der Waals surface area contributed by atoms with E-state index in [-0.39, 0.29) is 5.92 Å². The predicted molar refractivity (Wildman–Crippen MR) is 73.6 cm³/mol. The third-order valence-corrected chi connectivity index (χ3v) is 3.51. The second kappa shape index (κ2) is 9.82. The molecular formula is C12H23Cl3O. The Balaban J connectivity index is 3.82. The van der Waals surface area contributed by atoms with Gasteiger partial charge in [-0.2, -0.15) is 0 Å². The van der Waals surface area contributed by atoms with Crippen LogP contribution >= 0.6 is 34.8 Å². The van der Waals surface area contributed by atoms with Crippen LogP contribution in [0.25, 0.3) is 0 Å². The van der Waals surface area contributed by atoms with E-state index in [9.17, 15) is 0 Å². The van der Waals surface area contributed by atoms with E-state index < -0.39 is 3.79 Å². The molecule has 0 N–H and O–H groups in total. The largest absolute Gasteiger partial charge is 0.381 e. The summed E-state index contributed by atoms with van der Waals surface area (Å²) in [5, 5.41) is 0. The Morgan fingerprint density at radius 3 is 2.12 bits per heavy atom. The standard InChI is InChI=1S/C12H23Cl3O/c1-3-5-7-8-11(12(13,14)15)10-16-9-6-4-2/h11H,3-10H2,1-2H3. The van der Waals surface area contributed by atoms with Gasteiger partial charge >= 0.3 is 0 Å². The maximum Gasteiger partial charge on any atom is 0.195 e. The maximum absolute atomic E-state index is 5.94. The van der Waals surface area contributed by atoms with Crippen LogP contribution in [0, 0.1) is 5.92 Å². The van der Waals surface area contributed by atoms with Gasteiger partial charge < -0.3 is 4.74 Å². The Morgan fingerprint density at radius 2 is 1.62 bits per heavy atom. The Kier molecular flexibility index (Phi) is 10.3. The highest BCUT2D eigenvalue weighted by Gasteiger charge is 2.31. The lowest BCUT2D eigenvalue weighted by Crippen LogP contribution is -2.24. The number of halogens is 3. The van der Waals surface area contributed by atoms with Crippen molar-refractivity contribution in [3.63, 3.8) is 0 Å². The first-order valence-corrected chi connectivity index (χ1v) is 7.30. The fourth-order valence-corrected chi connectivity index (χ4v) is 1.97. The minimum Gasteiger partial charge on any atom is -0.381 e. The first-order valence-electron chi connectivity index (χ1n) is 6.16. The molecule has 0 aromatic carbocycles. The van der Waals surface area contributed by atoms with Gasteiger partial charge in [0.25, 0.3) is 0 Å². The Hall–Kier alpha value is 0.830. The fraction of sp³-hybridized carbons (Fsp3) is 1.00. The fourth-order valence-electron chi connectivity index (χ4n) is 1.45. The van der Waals surface area contributed by atoms with Crippen molar-refractivity contribution in [3.05, 3.63) is 0 Å². The average Bonchev–Trinajstić information content (AvgIpc) is 2.20. The van der Waals surface area contributed by atoms with Gasteiger partial charge in [0.15, 0.2) is 3.79 Å². The van der Waals surface area contributed by atoms with E-state index in [1.807, 2.05) is 0 Å². The van der Waals surface area contributed by atoms with E-state index in [1.54, 1.807) is 0 Å². The van der Waals surface area contributed by atoms with Crippen LogP contribution in [0.15, 0.2) is 0 Å². The van der Waals surface area contributed by atoms with E-state index in [1.165, 1.54) is 12.8 Å². The quantitative estimate of drug-likeness (QED) is 0.409. The van der Waals surface area contributed by atoms with Gasteiger partial charge in [-0.25, -0.2) is 0 Å². The monoisotopic (exact) mass is 288 g/mol. The van der Waals surface area contributed by atoms with E-state index in [0.717, 1.165) is 32.3 Å². The summed E-state index contributed by atoms with van der Waals surface area (Å²) in [5.74, 6) is 0.0147. The first kappa shape index (κ1) is 16.8. The molecule has 4 heteroatoms. The van der Waals surface area contributed by atoms with Crippen LogP contribution in [0.5, 0.6) is 0 Å². The molecule has 0 fully saturated rings. The Labute approximate surface area is 115 Å². The third kappa shape index (κ3) is 8.92. The van der Waals surface area contributed by atoms with Crippen LogP contribution in [-0.4, -0.2) is 17.0 Å². The molecule has 0 aromatic rings. The number of unbranched alkanes of at least 4 members (excludes halogenated alkanes) is 3. The van der Waals surface area contributed by atoms with Gasteiger partial charge in [0, 0.05) is 12.5 Å². The molecule has 1 atom stereocenters. The second-order valence-corrected chi connectivity index (χ2v) is 6.53. The zero-order valence-corrected chi connectivity index (χ0v) is 12.5. The molecule has 0 radical (unpaired) electrons. The molecular weight excluding hydrogens is 266 g/mol. The molecule has 1 unspecified atom stereocenters. The SMILES string of the molecule is CCCCCC(COCCCC)C(Cl)(Cl)Cl. The normalized spacial score (nSPS) is 14.1. The average molecular weight is 290 g/mol. The highest BCUT2D eigenvalue weighted by Crippen LogP contribution is 2.38. The number of alkyl halides is 3. The summed E-state index contributed by atoms with van der Waals surface area (Å²) in [6.07, 6.45) is 6.61. The van der Waals surface area contributed by atoms with Crippen molar-refractivity contribution < 1.29 is 4.74 Å². The van der Waals surface area contributed by atoms with Crippen molar-refractivity contribution in [2.24, 2.45) is 5.92 Å². The summed E-state index contributed by atoms with van der Waals surface area (Å²) in [7, 11) is 0. The highest BCUT2D eigenvalue weighted by atomic mass is 35.6. The lowest BCUT2D eigenvalue weighted by Gasteiger charge is -2.24. The zero-order chi connectivity index (χ0) is 12.4. The molecule has 0 heterocycles. The predicted octanol–water partition coefficient (Wildman–Crippen LogP) is 5.37. The Bertz CT molecular complexity index is 157. The minimum atomic E-state index is -1.19. The molecule has 0 aliphatic heterocycles. The van der Waals surface area contributed by atoms with Crippen LogP contribution < -0.4 is 0 Å². The van der Waals surface area contributed by atoms with Crippen molar-refractivity contribution in [1.82, 2.24) is 0 Å². The third-order valence-electron chi connectivity index (χ3n) is 2.58. The minimum absolute atomic E-state index is 0.0147. The number of hydrogen-bond acceptors (Lipinski definition) is 1. The molecule has 0 aliphatic carbocycles. The lowest BCUT2D eigenvalue weighted by molar-refractivity contribution is 0.0941. The smallest absolute Gasteiger partial charge is 0.195 e. The van der Waals surface area contributed by atoms with Crippen molar-refractivity contribution in [2.75, 3.05) is 13.2 Å². The van der Waals surface area contributed by atoms with Gasteiger partial charge in [0.2, 0.25) is 0 Å². The molecule has 0 amide bonds. The molecule has 0 saturated carbocycles. The van der Waals surface area contributed by atoms with Gasteiger partial charge in [0.05, 0.1) is 6.61 Å². The van der Waals surface area contributed by atoms with Gasteiger partial charge in [-0.3, -0.25) is 0 Å². The summed E-state index contributed by atoms with van der Waals surface area (Å²) in [5.41, 5.74) is 0. The molecule has 1 nitrogen and oxygen atoms in total. The summed E-state index contributed by atoms with van der Waals surface area (Å²) < 4.78 is 4.35. The van der Waals surface area contributed by atoms with Crippen LogP contribution in [0.1, 0.15) is 52.4 Å². The van der Waals surface area contributed by atoms with E-state index in [2.05, 4.69) is 13.8 Å². The summed E-state index contributed by atoms with van der Waals surface area (Å²) in [6.45, 7) is 5.63. The summed E-state index contributed by atoms with van der Waals surface area (Å²) in [6, 6.07) is 0. The molecule has 98 valence electrons. The van der Waals surface area contributed by atoms with Crippen LogP contribution in [0.4, 0.5) is 0 Å². The molecule has 0 aromatic heterocycles. The van der Waals surface area contributed by atoms with Gasteiger partial charge in [-0.05, 0) is 12.8 Å². The van der Waals surface area contributed by atoms with Gasteiger partial charge in [-0.15, -0.1) is 0 Å². The van der Waals surface area contributed by atoms with Gasteiger partial charge in [0.1, 0.15) is 0 Å². The topological polar surface area (TPSA) is 9.23 Å². The van der Waals surface area contributed by atoms with E-state index >= 15 is 0 Å². The number of ether oxygens (including phenoxy) is 1. The van der Waals surface area contributed by atoms with E-state index in [4.69, 9.17) is 39.5 Å². The molecule has 0 aliphatic rings. The van der Waals surface area contributed by atoms with Crippen LogP contribution in [0.3, 0.4) is 0 Å². The molecule has 0 spiro atoms. The number of rotatable bonds is 9. The second-order valence-electron chi connectivity index (χ2n) is 4.16. The molecule has 0 saturated heterocycles. The summed E-state index contributed by atoms with van der Waals surface area (Å²) in [4.78, 5) is 0. The summed E-state index contributed by atoms with van der Waals surface area (Å²) >= 11 is 17.8. The van der Waals surface area contributed by atoms with Crippen LogP contribution in [0.2, 0.25) is 0 Å². The molecule has 0 bridgehead atoms.